The van der Waals surface area contributed by atoms with Crippen molar-refractivity contribution in [2.75, 3.05) is 26.2 Å². The Balaban J connectivity index is 1.44. The van der Waals surface area contributed by atoms with Crippen LogP contribution in [0.15, 0.2) is 54.6 Å². The minimum Gasteiger partial charge on any atom is -0.491 e. The van der Waals surface area contributed by atoms with E-state index in [0.717, 1.165) is 18.7 Å². The molecule has 1 aliphatic heterocycles. The Kier molecular flexibility index (Phi) is 5.68. The molecular weight excluding hydrogens is 321 g/mol. The summed E-state index contributed by atoms with van der Waals surface area (Å²) in [5, 5.41) is 21.0. The van der Waals surface area contributed by atoms with Crippen molar-refractivity contribution < 1.29 is 19.3 Å². The van der Waals surface area contributed by atoms with Crippen molar-refractivity contribution in [3.05, 3.63) is 66.0 Å². The van der Waals surface area contributed by atoms with Crippen molar-refractivity contribution in [2.24, 2.45) is 0 Å². The molecule has 1 aliphatic rings. The van der Waals surface area contributed by atoms with E-state index in [2.05, 4.69) is 4.90 Å². The Bertz CT molecular complexity index is 654. The van der Waals surface area contributed by atoms with E-state index < -0.39 is 11.7 Å². The molecule has 0 unspecified atom stereocenters. The van der Waals surface area contributed by atoms with Crippen LogP contribution in [-0.4, -0.2) is 47.5 Å². The second-order valence-corrected chi connectivity index (χ2v) is 6.62. The average Bonchev–Trinajstić information content (AvgIpc) is 2.64. The molecule has 1 fully saturated rings. The van der Waals surface area contributed by atoms with Gasteiger partial charge in [-0.15, -0.1) is 0 Å². The van der Waals surface area contributed by atoms with Gasteiger partial charge in [0.25, 0.3) is 0 Å². The van der Waals surface area contributed by atoms with Crippen molar-refractivity contribution in [2.45, 2.75) is 24.5 Å². The molecule has 0 saturated carbocycles. The fraction of sp³-hybridized carbons (Fsp3) is 0.400. The third-order valence-corrected chi connectivity index (χ3v) is 4.72. The highest BCUT2D eigenvalue weighted by atomic mass is 19.1. The number of benzene rings is 2. The number of halogens is 1. The van der Waals surface area contributed by atoms with E-state index in [1.807, 2.05) is 30.3 Å². The highest BCUT2D eigenvalue weighted by Crippen LogP contribution is 2.32. The molecular formula is C20H24FNO3. The van der Waals surface area contributed by atoms with E-state index in [1.165, 1.54) is 12.1 Å². The van der Waals surface area contributed by atoms with Crippen LogP contribution in [0.2, 0.25) is 0 Å². The van der Waals surface area contributed by atoms with Crippen LogP contribution >= 0.6 is 0 Å². The smallest absolute Gasteiger partial charge is 0.123 e. The molecule has 0 bridgehead atoms. The van der Waals surface area contributed by atoms with Crippen LogP contribution in [0.5, 0.6) is 5.75 Å². The number of hydrogen-bond acceptors (Lipinski definition) is 4. The normalized spacial score (nSPS) is 18.7. The lowest BCUT2D eigenvalue weighted by Gasteiger charge is -2.39. The summed E-state index contributed by atoms with van der Waals surface area (Å²) in [7, 11) is 0. The van der Waals surface area contributed by atoms with Crippen LogP contribution in [0, 0.1) is 5.82 Å². The van der Waals surface area contributed by atoms with Crippen molar-refractivity contribution in [3.8, 4) is 5.75 Å². The maximum atomic E-state index is 12.8. The van der Waals surface area contributed by atoms with E-state index in [1.54, 1.807) is 12.1 Å². The van der Waals surface area contributed by atoms with Gasteiger partial charge in [-0.3, -0.25) is 0 Å². The highest BCUT2D eigenvalue weighted by Gasteiger charge is 2.34. The van der Waals surface area contributed by atoms with Gasteiger partial charge in [0, 0.05) is 19.6 Å². The molecule has 0 aromatic heterocycles. The summed E-state index contributed by atoms with van der Waals surface area (Å²) in [6.45, 7) is 2.09. The summed E-state index contributed by atoms with van der Waals surface area (Å²) in [4.78, 5) is 2.14. The molecule has 0 spiro atoms. The molecule has 134 valence electrons. The van der Waals surface area contributed by atoms with Crippen LogP contribution in [0.4, 0.5) is 4.39 Å². The zero-order chi connectivity index (χ0) is 17.7. The summed E-state index contributed by atoms with van der Waals surface area (Å²) in [6.07, 6.45) is 0.651. The zero-order valence-electron chi connectivity index (χ0n) is 14.1. The molecule has 4 nitrogen and oxygen atoms in total. The van der Waals surface area contributed by atoms with Gasteiger partial charge in [-0.2, -0.15) is 0 Å². The number of nitrogens with zero attached hydrogens (tertiary/aromatic N) is 1. The minimum atomic E-state index is -0.784. The van der Waals surface area contributed by atoms with Crippen LogP contribution < -0.4 is 4.74 Å². The summed E-state index contributed by atoms with van der Waals surface area (Å²) in [5.41, 5.74) is 0.169. The molecule has 2 N–H and O–H groups in total. The van der Waals surface area contributed by atoms with Crippen molar-refractivity contribution >= 4 is 0 Å². The van der Waals surface area contributed by atoms with Gasteiger partial charge in [-0.05, 0) is 42.7 Å². The van der Waals surface area contributed by atoms with Crippen LogP contribution in [-0.2, 0) is 5.60 Å². The van der Waals surface area contributed by atoms with Gasteiger partial charge in [0.1, 0.15) is 24.3 Å². The van der Waals surface area contributed by atoms with Gasteiger partial charge in [0.15, 0.2) is 0 Å². The first-order chi connectivity index (χ1) is 12.0. The molecule has 2 aromatic carbocycles. The number of aliphatic hydroxyl groups is 2. The fourth-order valence-corrected chi connectivity index (χ4v) is 3.22. The molecule has 0 aliphatic carbocycles. The molecule has 2 aromatic rings. The zero-order valence-corrected chi connectivity index (χ0v) is 14.1. The maximum Gasteiger partial charge on any atom is 0.123 e. The molecule has 1 heterocycles. The fourth-order valence-electron chi connectivity index (χ4n) is 3.22. The maximum absolute atomic E-state index is 12.8. The highest BCUT2D eigenvalue weighted by molar-refractivity contribution is 5.23. The van der Waals surface area contributed by atoms with Gasteiger partial charge in [0.2, 0.25) is 0 Å². The SMILES string of the molecule is O[C@H](COc1ccc(F)cc1)CN1CCC(O)(c2ccccc2)CC1. The van der Waals surface area contributed by atoms with Gasteiger partial charge in [-0.1, -0.05) is 30.3 Å². The van der Waals surface area contributed by atoms with Gasteiger partial charge >= 0.3 is 0 Å². The van der Waals surface area contributed by atoms with E-state index in [9.17, 15) is 14.6 Å². The monoisotopic (exact) mass is 345 g/mol. The van der Waals surface area contributed by atoms with Crippen molar-refractivity contribution in [1.82, 2.24) is 4.90 Å². The molecule has 25 heavy (non-hydrogen) atoms. The number of aliphatic hydroxyl groups excluding tert-OH is 1. The number of likely N-dealkylation sites (tertiary alicyclic amines) is 1. The lowest BCUT2D eigenvalue weighted by molar-refractivity contribution is -0.0372. The molecule has 0 amide bonds. The molecule has 1 saturated heterocycles. The van der Waals surface area contributed by atoms with Gasteiger partial charge < -0.3 is 19.8 Å². The molecule has 3 rings (SSSR count). The van der Waals surface area contributed by atoms with Crippen molar-refractivity contribution in [1.29, 1.82) is 0 Å². The quantitative estimate of drug-likeness (QED) is 0.845. The van der Waals surface area contributed by atoms with E-state index in [0.29, 0.717) is 25.1 Å². The largest absolute Gasteiger partial charge is 0.491 e. The summed E-state index contributed by atoms with van der Waals surface area (Å²) in [5.74, 6) is 0.227. The van der Waals surface area contributed by atoms with E-state index in [4.69, 9.17) is 4.74 Å². The summed E-state index contributed by atoms with van der Waals surface area (Å²) >= 11 is 0. The first-order valence-electron chi connectivity index (χ1n) is 8.62. The Labute approximate surface area is 147 Å². The van der Waals surface area contributed by atoms with E-state index >= 15 is 0 Å². The second-order valence-electron chi connectivity index (χ2n) is 6.62. The number of piperidine rings is 1. The third kappa shape index (κ3) is 4.78. The Morgan fingerprint density at radius 1 is 1.04 bits per heavy atom. The third-order valence-electron chi connectivity index (χ3n) is 4.72. The van der Waals surface area contributed by atoms with Gasteiger partial charge in [0.05, 0.1) is 5.60 Å². The lowest BCUT2D eigenvalue weighted by Crippen LogP contribution is -2.46. The Hall–Kier alpha value is -1.95. The standard InChI is InChI=1S/C20H24FNO3/c21-17-6-8-19(9-7-17)25-15-18(23)14-22-12-10-20(24,11-13-22)16-4-2-1-3-5-16/h1-9,18,23-24H,10-15H2/t18-/m0/s1. The second kappa shape index (κ2) is 7.95. The number of hydrogen-bond donors (Lipinski definition) is 2. The number of β-amino-alcohol motifs (C(OH)–C–C–N with tert-alkyl or cyclic N) is 1. The van der Waals surface area contributed by atoms with E-state index in [-0.39, 0.29) is 12.4 Å². The number of ether oxygens (including phenoxy) is 1. The van der Waals surface area contributed by atoms with Crippen molar-refractivity contribution in [3.63, 3.8) is 0 Å². The number of rotatable bonds is 6. The van der Waals surface area contributed by atoms with Gasteiger partial charge in [-0.25, -0.2) is 4.39 Å². The first-order valence-corrected chi connectivity index (χ1v) is 8.62. The van der Waals surface area contributed by atoms with Crippen LogP contribution in [0.3, 0.4) is 0 Å². The minimum absolute atomic E-state index is 0.158. The topological polar surface area (TPSA) is 52.9 Å². The predicted molar refractivity (Wildman–Crippen MR) is 93.9 cm³/mol. The first kappa shape index (κ1) is 17.9. The molecule has 0 radical (unpaired) electrons. The summed E-state index contributed by atoms with van der Waals surface area (Å²) in [6, 6.07) is 15.5. The lowest BCUT2D eigenvalue weighted by atomic mass is 9.84. The Morgan fingerprint density at radius 3 is 2.32 bits per heavy atom. The molecule has 1 atom stereocenters. The molecule has 5 heteroatoms. The van der Waals surface area contributed by atoms with Crippen LogP contribution in [0.25, 0.3) is 0 Å². The van der Waals surface area contributed by atoms with Crippen LogP contribution in [0.1, 0.15) is 18.4 Å². The average molecular weight is 345 g/mol. The predicted octanol–water partition coefficient (Wildman–Crippen LogP) is 2.55. The summed E-state index contributed by atoms with van der Waals surface area (Å²) < 4.78 is 18.3. The Morgan fingerprint density at radius 2 is 1.68 bits per heavy atom.